The van der Waals surface area contributed by atoms with Crippen molar-refractivity contribution in [3.8, 4) is 17.2 Å². The zero-order chi connectivity index (χ0) is 32.2. The van der Waals surface area contributed by atoms with Crippen molar-refractivity contribution < 1.29 is 18.6 Å². The maximum absolute atomic E-state index is 13.1. The average Bonchev–Trinajstić information content (AvgIpc) is 2.96. The van der Waals surface area contributed by atoms with Crippen molar-refractivity contribution in [3.63, 3.8) is 0 Å². The van der Waals surface area contributed by atoms with Crippen LogP contribution in [0.3, 0.4) is 0 Å². The Morgan fingerprint density at radius 1 is 0.682 bits per heavy atom. The number of rotatable bonds is 22. The highest BCUT2D eigenvalue weighted by Gasteiger charge is 2.18. The third-order valence-electron chi connectivity index (χ3n) is 7.56. The molecule has 0 radical (unpaired) electrons. The van der Waals surface area contributed by atoms with Gasteiger partial charge in [0.25, 0.3) is 0 Å². The third-order valence-corrected chi connectivity index (χ3v) is 7.56. The van der Waals surface area contributed by atoms with Crippen molar-refractivity contribution >= 4 is 11.0 Å². The van der Waals surface area contributed by atoms with E-state index < -0.39 is 5.63 Å². The summed E-state index contributed by atoms with van der Waals surface area (Å²) in [7, 11) is 0. The van der Waals surface area contributed by atoms with Gasteiger partial charge < -0.3 is 18.6 Å². The van der Waals surface area contributed by atoms with Crippen LogP contribution in [0.4, 0.5) is 0 Å². The number of hydrogen-bond acceptors (Lipinski definition) is 5. The molecular weight excluding hydrogens is 548 g/mol. The maximum atomic E-state index is 13.1. The Balaban J connectivity index is 2.14. The normalized spacial score (nSPS) is 11.9. The zero-order valence-corrected chi connectivity index (χ0v) is 28.7. The van der Waals surface area contributed by atoms with Gasteiger partial charge in [0, 0.05) is 6.07 Å². The summed E-state index contributed by atoms with van der Waals surface area (Å²) in [4.78, 5) is 13.1. The van der Waals surface area contributed by atoms with E-state index in [9.17, 15) is 4.79 Å². The minimum atomic E-state index is -0.525. The average molecular weight is 607 g/mol. The highest BCUT2D eigenvalue weighted by molar-refractivity contribution is 5.86. The number of fused-ring (bicyclic) bond motifs is 1. The van der Waals surface area contributed by atoms with Gasteiger partial charge in [0.15, 0.2) is 5.75 Å². The van der Waals surface area contributed by atoms with Crippen LogP contribution in [-0.4, -0.2) is 19.8 Å². The van der Waals surface area contributed by atoms with Crippen LogP contribution in [-0.2, 0) is 0 Å². The first kappa shape index (κ1) is 37.0. The molecule has 0 N–H and O–H groups in total. The van der Waals surface area contributed by atoms with Gasteiger partial charge in [-0.25, -0.2) is 4.79 Å². The van der Waals surface area contributed by atoms with Gasteiger partial charge >= 0.3 is 5.63 Å². The Hall–Kier alpha value is -3.21. The Morgan fingerprint density at radius 2 is 1.25 bits per heavy atom. The molecule has 5 heteroatoms. The van der Waals surface area contributed by atoms with E-state index >= 15 is 0 Å². The second-order valence-corrected chi connectivity index (χ2v) is 12.4. The second kappa shape index (κ2) is 21.5. The summed E-state index contributed by atoms with van der Waals surface area (Å²) in [5, 5.41) is 0.701. The van der Waals surface area contributed by atoms with Crippen LogP contribution in [0.25, 0.3) is 11.0 Å². The predicted octanol–water partition coefficient (Wildman–Crippen LogP) is 11.5. The lowest BCUT2D eigenvalue weighted by Crippen LogP contribution is -2.11. The monoisotopic (exact) mass is 606 g/mol. The molecule has 44 heavy (non-hydrogen) atoms. The molecule has 5 nitrogen and oxygen atoms in total. The summed E-state index contributed by atoms with van der Waals surface area (Å²) in [5.74, 6) is 1.23. The largest absolute Gasteiger partial charge is 0.489 e. The van der Waals surface area contributed by atoms with E-state index in [2.05, 4.69) is 72.8 Å². The molecule has 0 saturated carbocycles. The fourth-order valence-electron chi connectivity index (χ4n) is 4.83. The smallest absolute Gasteiger partial charge is 0.383 e. The number of allylic oxidation sites excluding steroid dienone is 6. The van der Waals surface area contributed by atoms with E-state index in [0.29, 0.717) is 42.3 Å². The summed E-state index contributed by atoms with van der Waals surface area (Å²) in [6.45, 7) is 16.2. The van der Waals surface area contributed by atoms with E-state index in [1.165, 1.54) is 60.8 Å². The van der Waals surface area contributed by atoms with Crippen LogP contribution >= 0.6 is 0 Å². The van der Waals surface area contributed by atoms with Crippen molar-refractivity contribution in [2.24, 2.45) is 0 Å². The second-order valence-electron chi connectivity index (χ2n) is 12.4. The fourth-order valence-corrected chi connectivity index (χ4v) is 4.83. The Morgan fingerprint density at radius 3 is 1.84 bits per heavy atom. The Bertz CT molecular complexity index is 1300. The molecule has 0 atom stereocenters. The van der Waals surface area contributed by atoms with Crippen LogP contribution in [0.1, 0.15) is 126 Å². The Kier molecular flexibility index (Phi) is 18.1. The van der Waals surface area contributed by atoms with E-state index in [0.717, 1.165) is 38.5 Å². The first-order valence-corrected chi connectivity index (χ1v) is 16.8. The fraction of sp³-hybridized carbons (Fsp3) is 0.564. The summed E-state index contributed by atoms with van der Waals surface area (Å²) < 4.78 is 24.0. The summed E-state index contributed by atoms with van der Waals surface area (Å²) in [6.07, 6.45) is 22.3. The molecule has 0 unspecified atom stereocenters. The van der Waals surface area contributed by atoms with E-state index in [1.54, 1.807) is 6.07 Å². The molecule has 1 aromatic carbocycles. The summed E-state index contributed by atoms with van der Waals surface area (Å²) in [6, 6.07) is 5.55. The number of ether oxygens (including phenoxy) is 3. The maximum Gasteiger partial charge on any atom is 0.383 e. The van der Waals surface area contributed by atoms with Crippen LogP contribution in [0.15, 0.2) is 74.0 Å². The van der Waals surface area contributed by atoms with E-state index in [-0.39, 0.29) is 5.75 Å². The molecule has 0 aliphatic rings. The van der Waals surface area contributed by atoms with Gasteiger partial charge in [-0.05, 0) is 97.9 Å². The molecule has 0 spiro atoms. The minimum absolute atomic E-state index is 0.152. The molecule has 0 fully saturated rings. The van der Waals surface area contributed by atoms with Crippen LogP contribution in [0.2, 0.25) is 0 Å². The molecule has 1 heterocycles. The quantitative estimate of drug-likeness (QED) is 0.0758. The van der Waals surface area contributed by atoms with Crippen LogP contribution < -0.4 is 19.8 Å². The standard InChI is InChI=1S/C39H58O5/c1-8-9-10-11-12-13-14-15-26-42-38-37(43-28-25-33(7)21-17-19-31(4)5)35-23-22-34(29-36(35)44-39(38)40)41-27-24-32(6)20-16-18-30(2)3/h18-19,22-25,29H,8-17,20-21,26-28H2,1-7H3. The molecule has 2 aromatic rings. The van der Waals surface area contributed by atoms with Gasteiger partial charge in [-0.3, -0.25) is 0 Å². The highest BCUT2D eigenvalue weighted by atomic mass is 16.5. The number of benzene rings is 1. The van der Waals surface area contributed by atoms with Crippen molar-refractivity contribution in [2.45, 2.75) is 126 Å². The van der Waals surface area contributed by atoms with Crippen LogP contribution in [0.5, 0.6) is 17.2 Å². The lowest BCUT2D eigenvalue weighted by Gasteiger charge is -2.14. The van der Waals surface area contributed by atoms with Gasteiger partial charge in [-0.1, -0.05) is 86.3 Å². The lowest BCUT2D eigenvalue weighted by molar-refractivity contribution is 0.264. The zero-order valence-electron chi connectivity index (χ0n) is 28.7. The molecule has 0 amide bonds. The van der Waals surface area contributed by atoms with Gasteiger partial charge in [-0.2, -0.15) is 0 Å². The molecule has 0 saturated heterocycles. The molecule has 2 rings (SSSR count). The van der Waals surface area contributed by atoms with Crippen molar-refractivity contribution in [3.05, 3.63) is 75.2 Å². The topological polar surface area (TPSA) is 57.9 Å². The van der Waals surface area contributed by atoms with Crippen LogP contribution in [0, 0.1) is 0 Å². The van der Waals surface area contributed by atoms with Gasteiger partial charge in [0.1, 0.15) is 24.5 Å². The molecule has 0 bridgehead atoms. The Labute approximate surface area is 267 Å². The molecular formula is C39H58O5. The predicted molar refractivity (Wildman–Crippen MR) is 186 cm³/mol. The first-order chi connectivity index (χ1) is 21.2. The van der Waals surface area contributed by atoms with Gasteiger partial charge in [0.2, 0.25) is 5.75 Å². The lowest BCUT2D eigenvalue weighted by atomic mass is 10.1. The molecule has 0 aliphatic heterocycles. The summed E-state index contributed by atoms with van der Waals surface area (Å²) >= 11 is 0. The number of hydrogen-bond donors (Lipinski definition) is 0. The summed E-state index contributed by atoms with van der Waals surface area (Å²) in [5.41, 5.74) is 5.09. The third kappa shape index (κ3) is 15.0. The number of unbranched alkanes of at least 4 members (excludes halogenated alkanes) is 7. The van der Waals surface area contributed by atoms with E-state index in [1.807, 2.05) is 12.1 Å². The molecule has 0 aliphatic carbocycles. The van der Waals surface area contributed by atoms with Crippen molar-refractivity contribution in [1.29, 1.82) is 0 Å². The SMILES string of the molecule is CCCCCCCCCCOc1c(OCC=C(C)CCC=C(C)C)c2ccc(OCC=C(C)CCC=C(C)C)cc2oc1=O. The molecule has 244 valence electrons. The van der Waals surface area contributed by atoms with Gasteiger partial charge in [-0.15, -0.1) is 0 Å². The van der Waals surface area contributed by atoms with Crippen molar-refractivity contribution in [2.75, 3.05) is 19.8 Å². The highest BCUT2D eigenvalue weighted by Crippen LogP contribution is 2.35. The van der Waals surface area contributed by atoms with Gasteiger partial charge in [0.05, 0.1) is 12.0 Å². The van der Waals surface area contributed by atoms with E-state index in [4.69, 9.17) is 18.6 Å². The van der Waals surface area contributed by atoms with Crippen molar-refractivity contribution in [1.82, 2.24) is 0 Å². The first-order valence-electron chi connectivity index (χ1n) is 16.8. The molecule has 1 aromatic heterocycles. The minimum Gasteiger partial charge on any atom is -0.489 e.